The summed E-state index contributed by atoms with van der Waals surface area (Å²) in [5, 5.41) is 8.40. The van der Waals surface area contributed by atoms with E-state index in [1.165, 1.54) is 0 Å². The van der Waals surface area contributed by atoms with Gasteiger partial charge in [-0.2, -0.15) is 4.79 Å². The van der Waals surface area contributed by atoms with Gasteiger partial charge in [-0.05, 0) is 0 Å². The highest BCUT2D eigenvalue weighted by Gasteiger charge is 2.31. The van der Waals surface area contributed by atoms with Crippen LogP contribution in [-0.4, -0.2) is 23.0 Å². The van der Waals surface area contributed by atoms with Crippen molar-refractivity contribution in [1.82, 2.24) is 0 Å². The molecule has 0 aromatic carbocycles. The van der Waals surface area contributed by atoms with Gasteiger partial charge in [-0.15, -0.1) is 4.90 Å². The summed E-state index contributed by atoms with van der Waals surface area (Å²) in [4.78, 5) is 31.0. The topological polar surface area (TPSA) is 75.9 Å². The van der Waals surface area contributed by atoms with E-state index in [4.69, 9.17) is 5.11 Å². The number of carbonyl (C=O) groups is 3. The van der Waals surface area contributed by atoms with Gasteiger partial charge in [0.25, 0.3) is 0 Å². The molecule has 5 heteroatoms. The molecule has 64 valence electrons. The first-order valence-electron chi connectivity index (χ1n) is 2.98. The first-order valence-corrected chi connectivity index (χ1v) is 2.98. The van der Waals surface area contributed by atoms with Crippen molar-refractivity contribution in [2.75, 3.05) is 0 Å². The van der Waals surface area contributed by atoms with E-state index >= 15 is 0 Å². The molecule has 0 saturated carbocycles. The molecule has 5 nitrogen and oxygen atoms in total. The number of hydrogen-bond acceptors (Lipinski definition) is 3. The predicted molar refractivity (Wildman–Crippen MR) is 39.4 cm³/mol. The van der Waals surface area contributed by atoms with Crippen molar-refractivity contribution in [2.45, 2.75) is 0 Å². The highest BCUT2D eigenvalue weighted by Crippen LogP contribution is 1.65. The SMILES string of the molecule is C=CC(=O)[NH+](C(=O)O)C(=O)C=C. The van der Waals surface area contributed by atoms with Gasteiger partial charge in [0, 0.05) is 12.2 Å². The third-order valence-electron chi connectivity index (χ3n) is 1.08. The Balaban J connectivity index is 4.78. The van der Waals surface area contributed by atoms with E-state index in [9.17, 15) is 14.4 Å². The van der Waals surface area contributed by atoms with Crippen molar-refractivity contribution in [3.8, 4) is 0 Å². The molecular formula is C7H8NO4+. The molecular weight excluding hydrogens is 162 g/mol. The Morgan fingerprint density at radius 3 is 1.58 bits per heavy atom. The average Bonchev–Trinajstić information content (AvgIpc) is 2.03. The Labute approximate surface area is 68.6 Å². The van der Waals surface area contributed by atoms with E-state index in [-0.39, 0.29) is 0 Å². The molecule has 0 aliphatic heterocycles. The van der Waals surface area contributed by atoms with E-state index in [0.29, 0.717) is 0 Å². The van der Waals surface area contributed by atoms with Gasteiger partial charge in [-0.3, -0.25) is 0 Å². The van der Waals surface area contributed by atoms with Crippen molar-refractivity contribution in [3.63, 3.8) is 0 Å². The summed E-state index contributed by atoms with van der Waals surface area (Å²) in [6.07, 6.45) is -0.0276. The van der Waals surface area contributed by atoms with Crippen LogP contribution in [0.1, 0.15) is 0 Å². The minimum atomic E-state index is -1.57. The van der Waals surface area contributed by atoms with Crippen molar-refractivity contribution in [1.29, 1.82) is 0 Å². The zero-order valence-electron chi connectivity index (χ0n) is 6.24. The Bertz CT molecular complexity index is 236. The van der Waals surface area contributed by atoms with Gasteiger partial charge >= 0.3 is 17.9 Å². The fraction of sp³-hybridized carbons (Fsp3) is 0. The molecule has 0 aromatic heterocycles. The molecule has 0 spiro atoms. The summed E-state index contributed by atoms with van der Waals surface area (Å²) in [7, 11) is 0. The van der Waals surface area contributed by atoms with Crippen LogP contribution in [0.4, 0.5) is 4.79 Å². The molecule has 2 N–H and O–H groups in total. The molecule has 0 fully saturated rings. The number of amides is 3. The summed E-state index contributed by atoms with van der Waals surface area (Å²) in [6, 6.07) is 0. The Kier molecular flexibility index (Phi) is 3.58. The Morgan fingerprint density at radius 2 is 1.42 bits per heavy atom. The van der Waals surface area contributed by atoms with Gasteiger partial charge in [-0.1, -0.05) is 13.2 Å². The monoisotopic (exact) mass is 170 g/mol. The smallest absolute Gasteiger partial charge is 0.435 e. The van der Waals surface area contributed by atoms with Crippen LogP contribution in [-0.2, 0) is 9.59 Å². The van der Waals surface area contributed by atoms with Crippen LogP contribution in [0.25, 0.3) is 0 Å². The number of rotatable bonds is 2. The van der Waals surface area contributed by atoms with Crippen molar-refractivity contribution < 1.29 is 24.4 Å². The van der Waals surface area contributed by atoms with E-state index in [2.05, 4.69) is 13.2 Å². The summed E-state index contributed by atoms with van der Waals surface area (Å²) < 4.78 is 0. The molecule has 0 saturated heterocycles. The van der Waals surface area contributed by atoms with Gasteiger partial charge < -0.3 is 5.11 Å². The highest BCUT2D eigenvalue weighted by atomic mass is 16.4. The quantitative estimate of drug-likeness (QED) is 0.520. The van der Waals surface area contributed by atoms with Crippen molar-refractivity contribution in [2.24, 2.45) is 0 Å². The van der Waals surface area contributed by atoms with E-state index < -0.39 is 22.8 Å². The van der Waals surface area contributed by atoms with Gasteiger partial charge in [-0.25, -0.2) is 9.59 Å². The lowest BCUT2D eigenvalue weighted by Gasteiger charge is -2.01. The number of hydrogen-bond donors (Lipinski definition) is 2. The Hall–Kier alpha value is -1.75. The highest BCUT2D eigenvalue weighted by molar-refractivity contribution is 5.98. The van der Waals surface area contributed by atoms with Crippen LogP contribution in [0, 0.1) is 0 Å². The molecule has 0 aliphatic rings. The zero-order chi connectivity index (χ0) is 9.72. The second-order valence-corrected chi connectivity index (χ2v) is 1.82. The average molecular weight is 170 g/mol. The van der Waals surface area contributed by atoms with Gasteiger partial charge in [0.05, 0.1) is 0 Å². The molecule has 0 rings (SSSR count). The first kappa shape index (κ1) is 10.2. The largest absolute Gasteiger partial charge is 0.527 e. The lowest BCUT2D eigenvalue weighted by atomic mass is 10.4. The summed E-state index contributed by atoms with van der Waals surface area (Å²) in [5.74, 6) is -1.82. The van der Waals surface area contributed by atoms with Crippen LogP contribution in [0.5, 0.6) is 0 Å². The number of imide groups is 3. The molecule has 0 aliphatic carbocycles. The second-order valence-electron chi connectivity index (χ2n) is 1.82. The van der Waals surface area contributed by atoms with Crippen LogP contribution in [0.2, 0.25) is 0 Å². The van der Waals surface area contributed by atoms with E-state index in [1.54, 1.807) is 0 Å². The van der Waals surface area contributed by atoms with Crippen molar-refractivity contribution >= 4 is 17.9 Å². The summed E-state index contributed by atoms with van der Waals surface area (Å²) in [5.41, 5.74) is 0. The van der Waals surface area contributed by atoms with Gasteiger partial charge in [0.2, 0.25) is 0 Å². The molecule has 3 amide bonds. The fourth-order valence-corrected chi connectivity index (χ4v) is 0.536. The normalized spacial score (nSPS) is 9.08. The molecule has 12 heavy (non-hydrogen) atoms. The minimum Gasteiger partial charge on any atom is -0.435 e. The van der Waals surface area contributed by atoms with E-state index in [0.717, 1.165) is 12.2 Å². The second kappa shape index (κ2) is 4.20. The zero-order valence-corrected chi connectivity index (χ0v) is 6.24. The van der Waals surface area contributed by atoms with Crippen LogP contribution < -0.4 is 4.90 Å². The third-order valence-corrected chi connectivity index (χ3v) is 1.08. The third kappa shape index (κ3) is 2.14. The molecule has 0 radical (unpaired) electrons. The summed E-state index contributed by atoms with van der Waals surface area (Å²) in [6.45, 7) is 6.12. The predicted octanol–water partition coefficient (Wildman–Crippen LogP) is -1.03. The number of carboxylic acid groups (broad SMARTS) is 1. The van der Waals surface area contributed by atoms with Gasteiger partial charge in [0.1, 0.15) is 0 Å². The number of quaternary nitrogens is 1. The lowest BCUT2D eigenvalue weighted by Crippen LogP contribution is -3.18. The molecule has 0 aromatic rings. The molecule has 0 bridgehead atoms. The minimum absolute atomic E-state index is 0.769. The molecule has 0 heterocycles. The van der Waals surface area contributed by atoms with Crippen LogP contribution in [0.3, 0.4) is 0 Å². The van der Waals surface area contributed by atoms with Crippen LogP contribution in [0.15, 0.2) is 25.3 Å². The maximum absolute atomic E-state index is 10.7. The lowest BCUT2D eigenvalue weighted by molar-refractivity contribution is -0.651. The van der Waals surface area contributed by atoms with E-state index in [1.807, 2.05) is 0 Å². The van der Waals surface area contributed by atoms with Gasteiger partial charge in [0.15, 0.2) is 0 Å². The van der Waals surface area contributed by atoms with Crippen LogP contribution >= 0.6 is 0 Å². The first-order chi connectivity index (χ1) is 5.54. The maximum atomic E-state index is 10.7. The number of nitrogens with one attached hydrogen (secondary N) is 1. The Morgan fingerprint density at radius 1 is 1.08 bits per heavy atom. The van der Waals surface area contributed by atoms with Crippen molar-refractivity contribution in [3.05, 3.63) is 25.3 Å². The molecule has 0 unspecified atom stereocenters. The molecule has 0 atom stereocenters. The maximum Gasteiger partial charge on any atom is 0.527 e. The number of carbonyl (C=O) groups excluding carboxylic acids is 2. The fourth-order valence-electron chi connectivity index (χ4n) is 0.536. The standard InChI is InChI=1S/C7H7NO4/c1-3-5(9)8(7(11)12)6(10)4-2/h3-4H,1-2H2,(H,11,12)/p+1. The summed E-state index contributed by atoms with van der Waals surface area (Å²) >= 11 is 0.